The maximum atomic E-state index is 11.8. The molecule has 1 heterocycles. The van der Waals surface area contributed by atoms with E-state index in [9.17, 15) is 4.79 Å². The van der Waals surface area contributed by atoms with Crippen molar-refractivity contribution in [3.8, 4) is 0 Å². The second-order valence-corrected chi connectivity index (χ2v) is 3.51. The normalized spacial score (nSPS) is 10.8. The predicted octanol–water partition coefficient (Wildman–Crippen LogP) is 1.04. The van der Waals surface area contributed by atoms with Crippen LogP contribution in [0.5, 0.6) is 0 Å². The largest absolute Gasteiger partial charge is 0.395 e. The monoisotopic (exact) mass is 224 g/mol. The number of hydrogen-bond donors (Lipinski definition) is 1. The van der Waals surface area contributed by atoms with Gasteiger partial charge in [-0.15, -0.1) is 0 Å². The number of halogens is 1. The molecule has 1 aromatic carbocycles. The summed E-state index contributed by atoms with van der Waals surface area (Å²) in [4.78, 5) is 15.9. The zero-order chi connectivity index (χ0) is 10.8. The summed E-state index contributed by atoms with van der Waals surface area (Å²) in [7, 11) is 0. The van der Waals surface area contributed by atoms with E-state index < -0.39 is 0 Å². The van der Waals surface area contributed by atoms with Gasteiger partial charge in [-0.25, -0.2) is 4.98 Å². The quantitative estimate of drug-likeness (QED) is 0.830. The van der Waals surface area contributed by atoms with Crippen molar-refractivity contribution in [1.29, 1.82) is 0 Å². The number of para-hydroxylation sites is 1. The lowest BCUT2D eigenvalue weighted by Gasteiger charge is -2.04. The van der Waals surface area contributed by atoms with Crippen LogP contribution in [0, 0.1) is 0 Å². The molecule has 0 saturated heterocycles. The van der Waals surface area contributed by atoms with E-state index in [1.165, 1.54) is 10.9 Å². The van der Waals surface area contributed by atoms with Crippen LogP contribution in [0.1, 0.15) is 0 Å². The van der Waals surface area contributed by atoms with Crippen LogP contribution in [0.25, 0.3) is 10.9 Å². The van der Waals surface area contributed by atoms with E-state index in [2.05, 4.69) is 4.98 Å². The average molecular weight is 225 g/mol. The van der Waals surface area contributed by atoms with Gasteiger partial charge >= 0.3 is 0 Å². The molecule has 0 spiro atoms. The summed E-state index contributed by atoms with van der Waals surface area (Å²) < 4.78 is 1.36. The molecule has 5 heteroatoms. The first-order valence-electron chi connectivity index (χ1n) is 4.48. The molecule has 0 radical (unpaired) electrons. The van der Waals surface area contributed by atoms with Gasteiger partial charge in [-0.2, -0.15) is 0 Å². The summed E-state index contributed by atoms with van der Waals surface area (Å²) in [5.41, 5.74) is 0.315. The zero-order valence-corrected chi connectivity index (χ0v) is 8.61. The van der Waals surface area contributed by atoms with Crippen LogP contribution in [0.15, 0.2) is 29.3 Å². The van der Waals surface area contributed by atoms with Crippen molar-refractivity contribution < 1.29 is 5.11 Å². The lowest BCUT2D eigenvalue weighted by atomic mass is 10.2. The van der Waals surface area contributed by atoms with Gasteiger partial charge in [0.2, 0.25) is 0 Å². The van der Waals surface area contributed by atoms with Gasteiger partial charge in [-0.3, -0.25) is 9.36 Å². The predicted molar refractivity (Wildman–Crippen MR) is 58.1 cm³/mol. The second-order valence-electron chi connectivity index (χ2n) is 3.10. The molecular formula is C10H9ClN2O2. The van der Waals surface area contributed by atoms with Crippen LogP contribution in [-0.4, -0.2) is 21.3 Å². The van der Waals surface area contributed by atoms with Gasteiger partial charge in [0.15, 0.2) is 0 Å². The van der Waals surface area contributed by atoms with E-state index in [0.29, 0.717) is 15.9 Å². The molecule has 0 unspecified atom stereocenters. The molecule has 15 heavy (non-hydrogen) atoms. The lowest BCUT2D eigenvalue weighted by molar-refractivity contribution is 0.274. The molecule has 2 rings (SSSR count). The maximum absolute atomic E-state index is 11.8. The molecule has 0 aliphatic carbocycles. The highest BCUT2D eigenvalue weighted by Gasteiger charge is 2.05. The van der Waals surface area contributed by atoms with Crippen LogP contribution in [-0.2, 0) is 6.54 Å². The van der Waals surface area contributed by atoms with Crippen LogP contribution in [0.3, 0.4) is 0 Å². The Morgan fingerprint density at radius 2 is 2.27 bits per heavy atom. The van der Waals surface area contributed by atoms with E-state index in [0.717, 1.165) is 0 Å². The van der Waals surface area contributed by atoms with Gasteiger partial charge in [0.05, 0.1) is 35.4 Å². The van der Waals surface area contributed by atoms with Crippen molar-refractivity contribution in [2.24, 2.45) is 0 Å². The van der Waals surface area contributed by atoms with E-state index in [-0.39, 0.29) is 18.7 Å². The Bertz CT molecular complexity index is 551. The molecule has 78 valence electrons. The van der Waals surface area contributed by atoms with Crippen LogP contribution >= 0.6 is 11.6 Å². The lowest BCUT2D eigenvalue weighted by Crippen LogP contribution is -2.22. The summed E-state index contributed by atoms with van der Waals surface area (Å²) in [5.74, 6) is 0. The van der Waals surface area contributed by atoms with Crippen molar-refractivity contribution >= 4 is 22.5 Å². The van der Waals surface area contributed by atoms with Gasteiger partial charge in [0.1, 0.15) is 0 Å². The smallest absolute Gasteiger partial charge is 0.261 e. The highest BCUT2D eigenvalue weighted by atomic mass is 35.5. The topological polar surface area (TPSA) is 55.1 Å². The number of benzene rings is 1. The summed E-state index contributed by atoms with van der Waals surface area (Å²) in [6.07, 6.45) is 1.40. The van der Waals surface area contributed by atoms with Crippen molar-refractivity contribution in [3.63, 3.8) is 0 Å². The molecule has 1 N–H and O–H groups in total. The van der Waals surface area contributed by atoms with E-state index in [1.807, 2.05) is 0 Å². The highest BCUT2D eigenvalue weighted by Crippen LogP contribution is 2.17. The molecule has 0 saturated carbocycles. The Morgan fingerprint density at radius 3 is 3.00 bits per heavy atom. The number of rotatable bonds is 2. The molecule has 2 aromatic rings. The number of aliphatic hydroxyl groups excluding tert-OH is 1. The number of nitrogens with zero attached hydrogens (tertiary/aromatic N) is 2. The van der Waals surface area contributed by atoms with Gasteiger partial charge in [0, 0.05) is 0 Å². The summed E-state index contributed by atoms with van der Waals surface area (Å²) in [6, 6.07) is 5.06. The Kier molecular flexibility index (Phi) is 2.70. The van der Waals surface area contributed by atoms with Gasteiger partial charge < -0.3 is 5.11 Å². The fourth-order valence-electron chi connectivity index (χ4n) is 1.42. The van der Waals surface area contributed by atoms with Gasteiger partial charge in [-0.1, -0.05) is 17.7 Å². The summed E-state index contributed by atoms with van der Waals surface area (Å²) >= 11 is 5.90. The molecule has 0 bridgehead atoms. The first-order valence-corrected chi connectivity index (χ1v) is 4.86. The molecular weight excluding hydrogens is 216 g/mol. The highest BCUT2D eigenvalue weighted by molar-refractivity contribution is 6.34. The second kappa shape index (κ2) is 4.00. The molecule has 0 fully saturated rings. The van der Waals surface area contributed by atoms with Crippen molar-refractivity contribution in [2.75, 3.05) is 6.61 Å². The minimum Gasteiger partial charge on any atom is -0.395 e. The molecule has 0 atom stereocenters. The number of fused-ring (bicyclic) bond motifs is 1. The van der Waals surface area contributed by atoms with Crippen molar-refractivity contribution in [3.05, 3.63) is 39.9 Å². The molecule has 0 aliphatic rings. The first kappa shape index (κ1) is 10.1. The molecule has 4 nitrogen and oxygen atoms in total. The average Bonchev–Trinajstić information content (AvgIpc) is 2.23. The first-order chi connectivity index (χ1) is 7.24. The fraction of sp³-hybridized carbons (Fsp3) is 0.200. The van der Waals surface area contributed by atoms with Crippen molar-refractivity contribution in [2.45, 2.75) is 6.54 Å². The van der Waals surface area contributed by atoms with Gasteiger partial charge in [-0.05, 0) is 12.1 Å². The van der Waals surface area contributed by atoms with Crippen LogP contribution in [0.4, 0.5) is 0 Å². The Labute approximate surface area is 90.8 Å². The number of aromatic nitrogens is 2. The minimum atomic E-state index is -0.184. The third kappa shape index (κ3) is 1.73. The minimum absolute atomic E-state index is 0.0896. The van der Waals surface area contributed by atoms with E-state index >= 15 is 0 Å². The summed E-state index contributed by atoms with van der Waals surface area (Å²) in [6.45, 7) is 0.155. The van der Waals surface area contributed by atoms with Crippen molar-refractivity contribution in [1.82, 2.24) is 9.55 Å². The molecule has 1 aromatic heterocycles. The Morgan fingerprint density at radius 1 is 1.47 bits per heavy atom. The zero-order valence-electron chi connectivity index (χ0n) is 7.85. The van der Waals surface area contributed by atoms with E-state index in [4.69, 9.17) is 16.7 Å². The summed E-state index contributed by atoms with van der Waals surface area (Å²) in [5, 5.41) is 9.69. The Balaban J connectivity index is 2.75. The Hall–Kier alpha value is -1.39. The van der Waals surface area contributed by atoms with Gasteiger partial charge in [0.25, 0.3) is 5.56 Å². The maximum Gasteiger partial charge on any atom is 0.261 e. The number of hydrogen-bond acceptors (Lipinski definition) is 3. The third-order valence-electron chi connectivity index (χ3n) is 2.15. The molecule has 0 amide bonds. The van der Waals surface area contributed by atoms with E-state index in [1.54, 1.807) is 18.2 Å². The fourth-order valence-corrected chi connectivity index (χ4v) is 1.64. The third-order valence-corrected chi connectivity index (χ3v) is 2.45. The van der Waals surface area contributed by atoms with Crippen LogP contribution in [0.2, 0.25) is 5.02 Å². The molecule has 0 aliphatic heterocycles. The number of aliphatic hydroxyl groups is 1. The SMILES string of the molecule is O=c1c2cccc(Cl)c2ncn1CCO. The standard InChI is InChI=1S/C10H9ClN2O2/c11-8-3-1-2-7-9(8)12-6-13(4-5-14)10(7)15/h1-3,6,14H,4-5H2. The van der Waals surface area contributed by atoms with Crippen LogP contribution < -0.4 is 5.56 Å².